The number of para-hydroxylation sites is 1. The molecule has 0 aliphatic carbocycles. The van der Waals surface area contributed by atoms with E-state index in [4.69, 9.17) is 4.74 Å². The van der Waals surface area contributed by atoms with Gasteiger partial charge in [0.1, 0.15) is 12.4 Å². The molecule has 0 aliphatic heterocycles. The molecule has 0 aliphatic rings. The molecule has 96 valence electrons. The summed E-state index contributed by atoms with van der Waals surface area (Å²) in [4.78, 5) is 0. The van der Waals surface area contributed by atoms with E-state index in [1.54, 1.807) is 11.6 Å². The molecule has 0 saturated carbocycles. The zero-order chi connectivity index (χ0) is 13.1. The first-order valence-corrected chi connectivity index (χ1v) is 5.97. The van der Waals surface area contributed by atoms with Crippen LogP contribution in [-0.2, 0) is 13.7 Å². The number of hydrogen-bond donors (Lipinski definition) is 1. The number of hydrogen-bond acceptors (Lipinski definition) is 3. The second-order valence-electron chi connectivity index (χ2n) is 4.40. The maximum absolute atomic E-state index is 9.66. The van der Waals surface area contributed by atoms with Crippen molar-refractivity contribution >= 4 is 0 Å². The molecule has 1 unspecified atom stereocenters. The number of aromatic nitrogens is 2. The SMILES string of the molecule is Cc1cc(COc2ccccc2C(C)O)n(C)n1. The Bertz CT molecular complexity index is 532. The highest BCUT2D eigenvalue weighted by atomic mass is 16.5. The fraction of sp³-hybridized carbons (Fsp3) is 0.357. The van der Waals surface area contributed by atoms with Crippen molar-refractivity contribution in [2.24, 2.45) is 7.05 Å². The van der Waals surface area contributed by atoms with Gasteiger partial charge in [0.15, 0.2) is 0 Å². The normalized spacial score (nSPS) is 12.4. The van der Waals surface area contributed by atoms with Crippen LogP contribution in [0.4, 0.5) is 0 Å². The van der Waals surface area contributed by atoms with Gasteiger partial charge in [-0.1, -0.05) is 18.2 Å². The van der Waals surface area contributed by atoms with Gasteiger partial charge in [-0.15, -0.1) is 0 Å². The van der Waals surface area contributed by atoms with Gasteiger partial charge in [-0.05, 0) is 26.0 Å². The van der Waals surface area contributed by atoms with Crippen molar-refractivity contribution in [1.29, 1.82) is 0 Å². The van der Waals surface area contributed by atoms with Crippen molar-refractivity contribution in [3.05, 3.63) is 47.3 Å². The minimum Gasteiger partial charge on any atom is -0.487 e. The minimum absolute atomic E-state index is 0.446. The Morgan fingerprint density at radius 3 is 2.72 bits per heavy atom. The Morgan fingerprint density at radius 2 is 2.11 bits per heavy atom. The lowest BCUT2D eigenvalue weighted by Gasteiger charge is -2.13. The third-order valence-electron chi connectivity index (χ3n) is 2.84. The van der Waals surface area contributed by atoms with E-state index in [-0.39, 0.29) is 0 Å². The Hall–Kier alpha value is -1.81. The molecule has 1 atom stereocenters. The molecule has 0 bridgehead atoms. The van der Waals surface area contributed by atoms with Crippen LogP contribution in [0.3, 0.4) is 0 Å². The predicted octanol–water partition coefficient (Wildman–Crippen LogP) is 2.36. The van der Waals surface area contributed by atoms with Crippen LogP contribution >= 0.6 is 0 Å². The van der Waals surface area contributed by atoms with Crippen molar-refractivity contribution in [2.45, 2.75) is 26.6 Å². The number of benzene rings is 1. The van der Waals surface area contributed by atoms with E-state index >= 15 is 0 Å². The first kappa shape index (κ1) is 12.6. The summed E-state index contributed by atoms with van der Waals surface area (Å²) >= 11 is 0. The first-order chi connectivity index (χ1) is 8.58. The number of rotatable bonds is 4. The number of aryl methyl sites for hydroxylation is 2. The third kappa shape index (κ3) is 2.71. The molecule has 4 nitrogen and oxygen atoms in total. The highest BCUT2D eigenvalue weighted by Crippen LogP contribution is 2.25. The standard InChI is InChI=1S/C14H18N2O2/c1-10-8-12(16(3)15-10)9-18-14-7-5-4-6-13(14)11(2)17/h4-8,11,17H,9H2,1-3H3. The summed E-state index contributed by atoms with van der Waals surface area (Å²) in [5.74, 6) is 0.714. The summed E-state index contributed by atoms with van der Waals surface area (Å²) < 4.78 is 7.56. The van der Waals surface area contributed by atoms with E-state index in [9.17, 15) is 5.11 Å². The zero-order valence-corrected chi connectivity index (χ0v) is 10.9. The lowest BCUT2D eigenvalue weighted by Crippen LogP contribution is -2.05. The van der Waals surface area contributed by atoms with E-state index in [0.29, 0.717) is 12.4 Å². The van der Waals surface area contributed by atoms with Crippen molar-refractivity contribution in [3.63, 3.8) is 0 Å². The summed E-state index contributed by atoms with van der Waals surface area (Å²) in [6, 6.07) is 9.52. The highest BCUT2D eigenvalue weighted by molar-refractivity contribution is 5.34. The van der Waals surface area contributed by atoms with Gasteiger partial charge in [-0.25, -0.2) is 0 Å². The van der Waals surface area contributed by atoms with E-state index in [1.807, 2.05) is 44.3 Å². The molecule has 1 aromatic carbocycles. The van der Waals surface area contributed by atoms with Crippen LogP contribution in [-0.4, -0.2) is 14.9 Å². The monoisotopic (exact) mass is 246 g/mol. The fourth-order valence-electron chi connectivity index (χ4n) is 1.91. The second-order valence-corrected chi connectivity index (χ2v) is 4.40. The Labute approximate surface area is 107 Å². The lowest BCUT2D eigenvalue weighted by molar-refractivity contribution is 0.189. The van der Waals surface area contributed by atoms with Gasteiger partial charge in [-0.2, -0.15) is 5.10 Å². The topological polar surface area (TPSA) is 47.3 Å². The molecule has 0 radical (unpaired) electrons. The van der Waals surface area contributed by atoms with Crippen LogP contribution in [0.5, 0.6) is 5.75 Å². The van der Waals surface area contributed by atoms with Gasteiger partial charge in [0, 0.05) is 12.6 Å². The Morgan fingerprint density at radius 1 is 1.39 bits per heavy atom. The van der Waals surface area contributed by atoms with Gasteiger partial charge < -0.3 is 9.84 Å². The molecule has 0 fully saturated rings. The number of aliphatic hydroxyl groups excluding tert-OH is 1. The molecule has 18 heavy (non-hydrogen) atoms. The van der Waals surface area contributed by atoms with Gasteiger partial charge in [0.25, 0.3) is 0 Å². The molecular weight excluding hydrogens is 228 g/mol. The van der Waals surface area contributed by atoms with Gasteiger partial charge in [0.2, 0.25) is 0 Å². The van der Waals surface area contributed by atoms with E-state index in [2.05, 4.69) is 5.10 Å². The predicted molar refractivity (Wildman–Crippen MR) is 69.4 cm³/mol. The van der Waals surface area contributed by atoms with Gasteiger partial charge >= 0.3 is 0 Å². The van der Waals surface area contributed by atoms with E-state index in [0.717, 1.165) is 17.0 Å². The van der Waals surface area contributed by atoms with Crippen LogP contribution in [0.15, 0.2) is 30.3 Å². The summed E-state index contributed by atoms with van der Waals surface area (Å²) in [7, 11) is 1.90. The van der Waals surface area contributed by atoms with Crippen LogP contribution in [0, 0.1) is 6.92 Å². The Balaban J connectivity index is 2.13. The quantitative estimate of drug-likeness (QED) is 0.900. The largest absolute Gasteiger partial charge is 0.487 e. The highest BCUT2D eigenvalue weighted by Gasteiger charge is 2.09. The Kier molecular flexibility index (Phi) is 3.67. The van der Waals surface area contributed by atoms with E-state index < -0.39 is 6.10 Å². The summed E-state index contributed by atoms with van der Waals surface area (Å²) in [6.45, 7) is 4.13. The molecular formula is C14H18N2O2. The molecule has 2 rings (SSSR count). The van der Waals surface area contributed by atoms with Gasteiger partial charge in [0.05, 0.1) is 17.5 Å². The number of nitrogens with zero attached hydrogens (tertiary/aromatic N) is 2. The number of aliphatic hydroxyl groups is 1. The molecule has 0 saturated heterocycles. The summed E-state index contributed by atoms with van der Waals surface area (Å²) in [6.07, 6.45) is -0.533. The second kappa shape index (κ2) is 5.23. The minimum atomic E-state index is -0.533. The van der Waals surface area contributed by atoms with Crippen molar-refractivity contribution < 1.29 is 9.84 Å². The average molecular weight is 246 g/mol. The maximum Gasteiger partial charge on any atom is 0.130 e. The molecule has 1 heterocycles. The molecule has 0 amide bonds. The summed E-state index contributed by atoms with van der Waals surface area (Å²) in [5.41, 5.74) is 2.78. The van der Waals surface area contributed by atoms with Crippen LogP contribution in [0.1, 0.15) is 30.0 Å². The van der Waals surface area contributed by atoms with Crippen molar-refractivity contribution in [3.8, 4) is 5.75 Å². The smallest absolute Gasteiger partial charge is 0.130 e. The summed E-state index contributed by atoms with van der Waals surface area (Å²) in [5, 5.41) is 13.9. The van der Waals surface area contributed by atoms with Crippen LogP contribution < -0.4 is 4.74 Å². The van der Waals surface area contributed by atoms with Crippen LogP contribution in [0.2, 0.25) is 0 Å². The molecule has 1 aromatic heterocycles. The van der Waals surface area contributed by atoms with Crippen LogP contribution in [0.25, 0.3) is 0 Å². The molecule has 1 N–H and O–H groups in total. The van der Waals surface area contributed by atoms with Crippen molar-refractivity contribution in [2.75, 3.05) is 0 Å². The first-order valence-electron chi connectivity index (χ1n) is 5.97. The van der Waals surface area contributed by atoms with Crippen molar-refractivity contribution in [1.82, 2.24) is 9.78 Å². The zero-order valence-electron chi connectivity index (χ0n) is 10.9. The van der Waals surface area contributed by atoms with E-state index in [1.165, 1.54) is 0 Å². The molecule has 4 heteroatoms. The molecule has 2 aromatic rings. The molecule has 0 spiro atoms. The van der Waals surface area contributed by atoms with Gasteiger partial charge in [-0.3, -0.25) is 4.68 Å². The number of ether oxygens (including phenoxy) is 1. The lowest BCUT2D eigenvalue weighted by atomic mass is 10.1. The fourth-order valence-corrected chi connectivity index (χ4v) is 1.91. The maximum atomic E-state index is 9.66. The average Bonchev–Trinajstić information content (AvgIpc) is 2.65. The third-order valence-corrected chi connectivity index (χ3v) is 2.84.